The van der Waals surface area contributed by atoms with Gasteiger partial charge < -0.3 is 9.88 Å². The molecule has 6 heteroatoms. The van der Waals surface area contributed by atoms with E-state index in [1.165, 1.54) is 18.4 Å². The van der Waals surface area contributed by atoms with Gasteiger partial charge in [-0.15, -0.1) is 0 Å². The zero-order chi connectivity index (χ0) is 14.9. The Bertz CT molecular complexity index is 714. The maximum absolute atomic E-state index is 11.5. The average Bonchev–Trinajstić information content (AvgIpc) is 3.08. The lowest BCUT2D eigenvalue weighted by molar-refractivity contribution is 0.584. The third-order valence-electron chi connectivity index (χ3n) is 3.87. The highest BCUT2D eigenvalue weighted by Crippen LogP contribution is 2.23. The number of rotatable bonds is 4. The molecular weight excluding hydrogens is 286 g/mol. The van der Waals surface area contributed by atoms with Gasteiger partial charge >= 0.3 is 0 Å². The van der Waals surface area contributed by atoms with Crippen molar-refractivity contribution < 1.29 is 8.42 Å². The van der Waals surface area contributed by atoms with Crippen LogP contribution in [0.25, 0.3) is 0 Å². The fourth-order valence-electron chi connectivity index (χ4n) is 2.73. The summed E-state index contributed by atoms with van der Waals surface area (Å²) in [6.45, 7) is 1.76. The molecule has 112 valence electrons. The van der Waals surface area contributed by atoms with Crippen LogP contribution in [0.4, 0.5) is 0 Å². The Kier molecular flexibility index (Phi) is 3.82. The number of hydrogen-bond acceptors (Lipinski definition) is 4. The molecule has 1 saturated heterocycles. The topological polar surface area (TPSA) is 64.0 Å². The van der Waals surface area contributed by atoms with Crippen LogP contribution in [0.1, 0.15) is 30.1 Å². The van der Waals surface area contributed by atoms with E-state index in [2.05, 4.69) is 14.9 Å². The lowest BCUT2D eigenvalue weighted by atomic mass is 10.1. The van der Waals surface area contributed by atoms with Gasteiger partial charge in [-0.3, -0.25) is 0 Å². The van der Waals surface area contributed by atoms with Gasteiger partial charge in [0, 0.05) is 25.0 Å². The van der Waals surface area contributed by atoms with E-state index in [0.29, 0.717) is 17.5 Å². The van der Waals surface area contributed by atoms with Crippen molar-refractivity contribution in [1.82, 2.24) is 14.9 Å². The summed E-state index contributed by atoms with van der Waals surface area (Å²) in [7, 11) is -3.13. The van der Waals surface area contributed by atoms with Crippen LogP contribution in [0.3, 0.4) is 0 Å². The molecule has 21 heavy (non-hydrogen) atoms. The Morgan fingerprint density at radius 2 is 2.10 bits per heavy atom. The summed E-state index contributed by atoms with van der Waals surface area (Å²) in [5.74, 6) is 0. The Morgan fingerprint density at radius 3 is 2.71 bits per heavy atom. The second kappa shape index (κ2) is 5.61. The Hall–Kier alpha value is -1.66. The van der Waals surface area contributed by atoms with Gasteiger partial charge in [0.05, 0.1) is 16.9 Å². The highest BCUT2D eigenvalue weighted by Gasteiger charge is 2.19. The number of aromatic nitrogens is 2. The van der Waals surface area contributed by atoms with E-state index in [4.69, 9.17) is 0 Å². The van der Waals surface area contributed by atoms with Gasteiger partial charge in [-0.25, -0.2) is 13.4 Å². The molecule has 0 aliphatic carbocycles. The third kappa shape index (κ3) is 3.16. The number of benzene rings is 1. The monoisotopic (exact) mass is 305 g/mol. The number of nitrogens with one attached hydrogen (secondary N) is 1. The van der Waals surface area contributed by atoms with E-state index in [-0.39, 0.29) is 0 Å². The van der Waals surface area contributed by atoms with E-state index >= 15 is 0 Å². The maximum Gasteiger partial charge on any atom is 0.175 e. The molecule has 0 amide bonds. The van der Waals surface area contributed by atoms with E-state index in [9.17, 15) is 8.42 Å². The minimum Gasteiger partial charge on any atom is -0.329 e. The Labute approximate surface area is 124 Å². The molecule has 1 unspecified atom stereocenters. The van der Waals surface area contributed by atoms with Crippen molar-refractivity contribution in [3.05, 3.63) is 48.0 Å². The van der Waals surface area contributed by atoms with Crippen molar-refractivity contribution in [2.45, 2.75) is 30.3 Å². The summed E-state index contributed by atoms with van der Waals surface area (Å²) < 4.78 is 25.1. The molecule has 5 nitrogen and oxygen atoms in total. The fraction of sp³-hybridized carbons (Fsp3) is 0.400. The lowest BCUT2D eigenvalue weighted by Crippen LogP contribution is -2.17. The zero-order valence-corrected chi connectivity index (χ0v) is 12.8. The maximum atomic E-state index is 11.5. The second-order valence-corrected chi connectivity index (χ2v) is 7.53. The van der Waals surface area contributed by atoms with Crippen LogP contribution in [0.15, 0.2) is 41.7 Å². The van der Waals surface area contributed by atoms with Crippen molar-refractivity contribution in [2.75, 3.05) is 12.8 Å². The van der Waals surface area contributed by atoms with Crippen molar-refractivity contribution >= 4 is 9.84 Å². The van der Waals surface area contributed by atoms with Gasteiger partial charge in [-0.1, -0.05) is 12.1 Å². The predicted molar refractivity (Wildman–Crippen MR) is 80.9 cm³/mol. The van der Waals surface area contributed by atoms with Gasteiger partial charge in [0.1, 0.15) is 0 Å². The minimum absolute atomic E-state index is 0.356. The molecule has 3 rings (SSSR count). The van der Waals surface area contributed by atoms with E-state index in [1.807, 2.05) is 24.7 Å². The summed E-state index contributed by atoms with van der Waals surface area (Å²) in [6.07, 6.45) is 7.30. The predicted octanol–water partition coefficient (Wildman–Crippen LogP) is 1.76. The van der Waals surface area contributed by atoms with Crippen molar-refractivity contribution in [3.8, 4) is 0 Å². The van der Waals surface area contributed by atoms with E-state index < -0.39 is 9.84 Å². The molecule has 1 N–H and O–H groups in total. The standard InChI is InChI=1S/C15H19N3O2S/c1-21(19,20)13-6-4-12(5-7-13)10-18-11-16-9-15(18)14-3-2-8-17-14/h4-7,9,11,14,17H,2-3,8,10H2,1H3. The largest absolute Gasteiger partial charge is 0.329 e. The van der Waals surface area contributed by atoms with Gasteiger partial charge in [0.15, 0.2) is 9.84 Å². The van der Waals surface area contributed by atoms with Crippen molar-refractivity contribution in [1.29, 1.82) is 0 Å². The van der Waals surface area contributed by atoms with Gasteiger partial charge in [0.2, 0.25) is 0 Å². The second-order valence-electron chi connectivity index (χ2n) is 5.51. The number of sulfone groups is 1. The van der Waals surface area contributed by atoms with Crippen molar-refractivity contribution in [2.24, 2.45) is 0 Å². The molecule has 0 saturated carbocycles. The van der Waals surface area contributed by atoms with Crippen LogP contribution in [0.5, 0.6) is 0 Å². The van der Waals surface area contributed by atoms with E-state index in [1.54, 1.807) is 12.1 Å². The molecule has 1 aliphatic rings. The molecule has 1 aliphatic heterocycles. The van der Waals surface area contributed by atoms with Crippen LogP contribution >= 0.6 is 0 Å². The molecule has 1 aromatic carbocycles. The van der Waals surface area contributed by atoms with Crippen LogP contribution in [-0.2, 0) is 16.4 Å². The third-order valence-corrected chi connectivity index (χ3v) is 4.99. The number of imidazole rings is 1. The summed E-state index contributed by atoms with van der Waals surface area (Å²) in [5, 5.41) is 3.47. The molecular formula is C15H19N3O2S. The fourth-order valence-corrected chi connectivity index (χ4v) is 3.36. The average molecular weight is 305 g/mol. The molecule has 1 atom stereocenters. The summed E-state index contributed by atoms with van der Waals surface area (Å²) in [6, 6.07) is 7.43. The highest BCUT2D eigenvalue weighted by atomic mass is 32.2. The summed E-state index contributed by atoms with van der Waals surface area (Å²) in [4.78, 5) is 4.60. The van der Waals surface area contributed by atoms with Crippen LogP contribution in [0.2, 0.25) is 0 Å². The van der Waals surface area contributed by atoms with Crippen LogP contribution in [-0.4, -0.2) is 30.8 Å². The van der Waals surface area contributed by atoms with Crippen molar-refractivity contribution in [3.63, 3.8) is 0 Å². The summed E-state index contributed by atoms with van der Waals surface area (Å²) >= 11 is 0. The smallest absolute Gasteiger partial charge is 0.175 e. The first-order valence-corrected chi connectivity index (χ1v) is 8.95. The van der Waals surface area contributed by atoms with E-state index in [0.717, 1.165) is 18.5 Å². The Balaban J connectivity index is 1.79. The van der Waals surface area contributed by atoms with Crippen LogP contribution < -0.4 is 5.32 Å². The number of hydrogen-bond donors (Lipinski definition) is 1. The molecule has 1 fully saturated rings. The highest BCUT2D eigenvalue weighted by molar-refractivity contribution is 7.90. The molecule has 2 aromatic rings. The SMILES string of the molecule is CS(=O)(=O)c1ccc(Cn2cncc2C2CCCN2)cc1. The van der Waals surface area contributed by atoms with Gasteiger partial charge in [0.25, 0.3) is 0 Å². The molecule has 1 aromatic heterocycles. The van der Waals surface area contributed by atoms with Gasteiger partial charge in [-0.05, 0) is 37.1 Å². The molecule has 0 spiro atoms. The zero-order valence-electron chi connectivity index (χ0n) is 12.0. The quantitative estimate of drug-likeness (QED) is 0.935. The number of nitrogens with zero attached hydrogens (tertiary/aromatic N) is 2. The summed E-state index contributed by atoms with van der Waals surface area (Å²) in [5.41, 5.74) is 2.26. The minimum atomic E-state index is -3.13. The first-order chi connectivity index (χ1) is 10.0. The lowest BCUT2D eigenvalue weighted by Gasteiger charge is -2.14. The van der Waals surface area contributed by atoms with Crippen LogP contribution in [0, 0.1) is 0 Å². The Morgan fingerprint density at radius 1 is 1.33 bits per heavy atom. The first-order valence-electron chi connectivity index (χ1n) is 7.06. The normalized spacial score (nSPS) is 19.0. The molecule has 0 bridgehead atoms. The van der Waals surface area contributed by atoms with Gasteiger partial charge in [-0.2, -0.15) is 0 Å². The molecule has 0 radical (unpaired) electrons. The first kappa shape index (κ1) is 14.3. The molecule has 2 heterocycles.